The van der Waals surface area contributed by atoms with Crippen molar-refractivity contribution in [2.75, 3.05) is 19.6 Å². The van der Waals surface area contributed by atoms with E-state index in [0.29, 0.717) is 12.3 Å². The molecule has 2 N–H and O–H groups in total. The maximum atomic E-state index is 12.1. The zero-order valence-corrected chi connectivity index (χ0v) is 13.8. The molecule has 0 spiro atoms. The SMILES string of the molecule is O=C(Cc1cccc(O)c1)NC[C@@H]1CCN(C2CCCCC2)C1. The first kappa shape index (κ1) is 16.3. The normalized spacial score (nSPS) is 23.0. The summed E-state index contributed by atoms with van der Waals surface area (Å²) in [4.78, 5) is 14.7. The van der Waals surface area contributed by atoms with Crippen LogP contribution in [0.4, 0.5) is 0 Å². The number of carbonyl (C=O) groups is 1. The number of phenolic OH excluding ortho intramolecular Hbond substituents is 1. The van der Waals surface area contributed by atoms with Crippen LogP contribution in [-0.2, 0) is 11.2 Å². The number of nitrogens with zero attached hydrogens (tertiary/aromatic N) is 1. The lowest BCUT2D eigenvalue weighted by Gasteiger charge is -2.31. The van der Waals surface area contributed by atoms with Crippen LogP contribution >= 0.6 is 0 Å². The summed E-state index contributed by atoms with van der Waals surface area (Å²) in [7, 11) is 0. The van der Waals surface area contributed by atoms with Crippen LogP contribution in [0.25, 0.3) is 0 Å². The zero-order valence-electron chi connectivity index (χ0n) is 13.8. The van der Waals surface area contributed by atoms with E-state index in [1.165, 1.54) is 45.1 Å². The molecule has 1 amide bonds. The van der Waals surface area contributed by atoms with Gasteiger partial charge in [0, 0.05) is 19.1 Å². The Hall–Kier alpha value is -1.55. The summed E-state index contributed by atoms with van der Waals surface area (Å²) < 4.78 is 0. The van der Waals surface area contributed by atoms with Gasteiger partial charge in [0.25, 0.3) is 0 Å². The largest absolute Gasteiger partial charge is 0.508 e. The second kappa shape index (κ2) is 7.82. The lowest BCUT2D eigenvalue weighted by molar-refractivity contribution is -0.120. The lowest BCUT2D eigenvalue weighted by Crippen LogP contribution is -2.36. The minimum Gasteiger partial charge on any atom is -0.508 e. The number of hydrogen-bond donors (Lipinski definition) is 2. The zero-order chi connectivity index (χ0) is 16.1. The first-order chi connectivity index (χ1) is 11.2. The average Bonchev–Trinajstić information content (AvgIpc) is 3.03. The fraction of sp³-hybridized carbons (Fsp3) is 0.632. The lowest BCUT2D eigenvalue weighted by atomic mass is 9.94. The van der Waals surface area contributed by atoms with E-state index in [-0.39, 0.29) is 11.7 Å². The van der Waals surface area contributed by atoms with Crippen LogP contribution in [0.2, 0.25) is 0 Å². The molecule has 2 aliphatic rings. The Morgan fingerprint density at radius 1 is 1.22 bits per heavy atom. The van der Waals surface area contributed by atoms with Crippen LogP contribution in [0.5, 0.6) is 5.75 Å². The molecule has 0 bridgehead atoms. The smallest absolute Gasteiger partial charge is 0.224 e. The fourth-order valence-electron chi connectivity index (χ4n) is 3.98. The van der Waals surface area contributed by atoms with E-state index in [9.17, 15) is 9.90 Å². The predicted molar refractivity (Wildman–Crippen MR) is 91.4 cm³/mol. The van der Waals surface area contributed by atoms with Crippen molar-refractivity contribution in [3.05, 3.63) is 29.8 Å². The Kier molecular flexibility index (Phi) is 5.55. The molecule has 4 heteroatoms. The van der Waals surface area contributed by atoms with Gasteiger partial charge in [-0.3, -0.25) is 4.79 Å². The van der Waals surface area contributed by atoms with Crippen LogP contribution in [-0.4, -0.2) is 41.6 Å². The van der Waals surface area contributed by atoms with Gasteiger partial charge in [0.1, 0.15) is 5.75 Å². The topological polar surface area (TPSA) is 52.6 Å². The molecule has 23 heavy (non-hydrogen) atoms. The van der Waals surface area contributed by atoms with Gasteiger partial charge in [-0.05, 0) is 49.4 Å². The van der Waals surface area contributed by atoms with Gasteiger partial charge in [-0.25, -0.2) is 0 Å². The van der Waals surface area contributed by atoms with Gasteiger partial charge in [0.15, 0.2) is 0 Å². The standard InChI is InChI=1S/C19H28N2O2/c22-18-8-4-5-15(11-18)12-19(23)20-13-16-9-10-21(14-16)17-6-2-1-3-7-17/h4-5,8,11,16-17,22H,1-3,6-7,9-10,12-14H2,(H,20,23)/t16-/m0/s1. The van der Waals surface area contributed by atoms with Crippen molar-refractivity contribution in [3.8, 4) is 5.75 Å². The molecule has 3 rings (SSSR count). The highest BCUT2D eigenvalue weighted by Gasteiger charge is 2.29. The molecular weight excluding hydrogens is 288 g/mol. The number of likely N-dealkylation sites (tertiary alicyclic amines) is 1. The third-order valence-electron chi connectivity index (χ3n) is 5.27. The van der Waals surface area contributed by atoms with Crippen molar-refractivity contribution in [1.82, 2.24) is 10.2 Å². The molecule has 1 aliphatic carbocycles. The van der Waals surface area contributed by atoms with Gasteiger partial charge in [-0.1, -0.05) is 31.4 Å². The Balaban J connectivity index is 1.39. The first-order valence-corrected chi connectivity index (χ1v) is 8.99. The predicted octanol–water partition coefficient (Wildman–Crippen LogP) is 2.71. The van der Waals surface area contributed by atoms with Gasteiger partial charge < -0.3 is 15.3 Å². The highest BCUT2D eigenvalue weighted by molar-refractivity contribution is 5.78. The van der Waals surface area contributed by atoms with E-state index in [1.807, 2.05) is 6.07 Å². The maximum Gasteiger partial charge on any atom is 0.224 e. The average molecular weight is 316 g/mol. The summed E-state index contributed by atoms with van der Waals surface area (Å²) in [6.45, 7) is 3.11. The maximum absolute atomic E-state index is 12.1. The highest BCUT2D eigenvalue weighted by atomic mass is 16.3. The third-order valence-corrected chi connectivity index (χ3v) is 5.27. The van der Waals surface area contributed by atoms with E-state index in [0.717, 1.165) is 24.7 Å². The molecule has 2 fully saturated rings. The Labute approximate surface area is 138 Å². The van der Waals surface area contributed by atoms with E-state index in [1.54, 1.807) is 18.2 Å². The summed E-state index contributed by atoms with van der Waals surface area (Å²) in [5, 5.41) is 12.5. The molecule has 1 aliphatic heterocycles. The molecule has 1 saturated carbocycles. The molecule has 0 radical (unpaired) electrons. The third kappa shape index (κ3) is 4.71. The molecule has 1 heterocycles. The summed E-state index contributed by atoms with van der Waals surface area (Å²) in [6, 6.07) is 7.72. The molecule has 1 saturated heterocycles. The molecule has 126 valence electrons. The molecule has 1 aromatic rings. The first-order valence-electron chi connectivity index (χ1n) is 8.99. The van der Waals surface area contributed by atoms with Crippen molar-refractivity contribution >= 4 is 5.91 Å². The van der Waals surface area contributed by atoms with Gasteiger partial charge in [-0.2, -0.15) is 0 Å². The number of benzene rings is 1. The van der Waals surface area contributed by atoms with Crippen LogP contribution in [0, 0.1) is 5.92 Å². The van der Waals surface area contributed by atoms with Crippen LogP contribution < -0.4 is 5.32 Å². The highest BCUT2D eigenvalue weighted by Crippen LogP contribution is 2.27. The molecular formula is C19H28N2O2. The van der Waals surface area contributed by atoms with Crippen LogP contribution in [0.1, 0.15) is 44.1 Å². The van der Waals surface area contributed by atoms with Crippen molar-refractivity contribution < 1.29 is 9.90 Å². The summed E-state index contributed by atoms with van der Waals surface area (Å²) in [5.41, 5.74) is 0.859. The van der Waals surface area contributed by atoms with E-state index >= 15 is 0 Å². The number of phenols is 1. The van der Waals surface area contributed by atoms with Gasteiger partial charge >= 0.3 is 0 Å². The number of aromatic hydroxyl groups is 1. The molecule has 1 aromatic carbocycles. The Bertz CT molecular complexity index is 526. The second-order valence-corrected chi connectivity index (χ2v) is 7.09. The van der Waals surface area contributed by atoms with E-state index in [2.05, 4.69) is 10.2 Å². The summed E-state index contributed by atoms with van der Waals surface area (Å²) >= 11 is 0. The molecule has 0 aromatic heterocycles. The van der Waals surface area contributed by atoms with Crippen LogP contribution in [0.15, 0.2) is 24.3 Å². The van der Waals surface area contributed by atoms with Gasteiger partial charge in [0.05, 0.1) is 6.42 Å². The van der Waals surface area contributed by atoms with Crippen molar-refractivity contribution in [3.63, 3.8) is 0 Å². The Morgan fingerprint density at radius 3 is 2.83 bits per heavy atom. The number of amides is 1. The summed E-state index contributed by atoms with van der Waals surface area (Å²) in [6.07, 6.45) is 8.42. The van der Waals surface area contributed by atoms with Crippen molar-refractivity contribution in [2.45, 2.75) is 51.0 Å². The van der Waals surface area contributed by atoms with E-state index < -0.39 is 0 Å². The quantitative estimate of drug-likeness (QED) is 0.878. The molecule has 4 nitrogen and oxygen atoms in total. The molecule has 0 unspecified atom stereocenters. The second-order valence-electron chi connectivity index (χ2n) is 7.09. The van der Waals surface area contributed by atoms with E-state index in [4.69, 9.17) is 0 Å². The minimum atomic E-state index is 0.0479. The number of hydrogen-bond acceptors (Lipinski definition) is 3. The van der Waals surface area contributed by atoms with Crippen LogP contribution in [0.3, 0.4) is 0 Å². The summed E-state index contributed by atoms with van der Waals surface area (Å²) in [5.74, 6) is 0.853. The fourth-order valence-corrected chi connectivity index (χ4v) is 3.98. The number of carbonyl (C=O) groups excluding carboxylic acids is 1. The van der Waals surface area contributed by atoms with Gasteiger partial charge in [0.2, 0.25) is 5.91 Å². The Morgan fingerprint density at radius 2 is 2.04 bits per heavy atom. The number of rotatable bonds is 5. The van der Waals surface area contributed by atoms with Crippen molar-refractivity contribution in [2.24, 2.45) is 5.92 Å². The monoisotopic (exact) mass is 316 g/mol. The van der Waals surface area contributed by atoms with Crippen molar-refractivity contribution in [1.29, 1.82) is 0 Å². The molecule has 1 atom stereocenters. The number of nitrogens with one attached hydrogen (secondary N) is 1. The minimum absolute atomic E-state index is 0.0479. The van der Waals surface area contributed by atoms with Gasteiger partial charge in [-0.15, -0.1) is 0 Å².